The molecule has 10 nitrogen and oxygen atoms in total. The lowest BCUT2D eigenvalue weighted by atomic mass is 10.3. The second kappa shape index (κ2) is 8.66. The molecule has 3 N–H and O–H groups in total. The Bertz CT molecular complexity index is 1050. The molecule has 12 heteroatoms. The Kier molecular flexibility index (Phi) is 6.23. The van der Waals surface area contributed by atoms with Crippen molar-refractivity contribution in [3.8, 4) is 5.95 Å². The lowest BCUT2D eigenvalue weighted by molar-refractivity contribution is -0.113. The summed E-state index contributed by atoms with van der Waals surface area (Å²) in [5, 5.41) is 16.2. The summed E-state index contributed by atoms with van der Waals surface area (Å²) in [6, 6.07) is 3.65. The number of nitrogens with two attached hydrogens (primary N) is 1. The van der Waals surface area contributed by atoms with Gasteiger partial charge in [0.15, 0.2) is 0 Å². The van der Waals surface area contributed by atoms with Crippen molar-refractivity contribution in [2.75, 3.05) is 23.5 Å². The third-order valence-electron chi connectivity index (χ3n) is 3.82. The number of anilines is 1. The number of esters is 1. The number of hydrogen-bond donors (Lipinski definition) is 2. The molecule has 0 aliphatic rings. The highest BCUT2D eigenvalue weighted by Crippen LogP contribution is 2.28. The van der Waals surface area contributed by atoms with Gasteiger partial charge in [-0.3, -0.25) is 4.79 Å². The number of ether oxygens (including phenoxy) is 1. The summed E-state index contributed by atoms with van der Waals surface area (Å²) in [4.78, 5) is 24.7. The zero-order valence-corrected chi connectivity index (χ0v) is 18.1. The smallest absolute Gasteiger partial charge is 0.348 e. The number of hydrogen-bond acceptors (Lipinski definition) is 9. The normalized spacial score (nSPS) is 10.9. The Hall–Kier alpha value is -2.86. The van der Waals surface area contributed by atoms with Gasteiger partial charge in [-0.15, -0.1) is 21.5 Å². The first-order chi connectivity index (χ1) is 13.8. The van der Waals surface area contributed by atoms with Gasteiger partial charge in [0.2, 0.25) is 11.1 Å². The molecule has 0 atom stereocenters. The summed E-state index contributed by atoms with van der Waals surface area (Å²) in [7, 11) is 0. The zero-order valence-electron chi connectivity index (χ0n) is 16.4. The molecule has 154 valence electrons. The quantitative estimate of drug-likeness (QED) is 0.328. The zero-order chi connectivity index (χ0) is 21.1. The van der Waals surface area contributed by atoms with E-state index in [4.69, 9.17) is 10.6 Å². The fourth-order valence-corrected chi connectivity index (χ4v) is 4.22. The number of nitrogens with one attached hydrogen (secondary N) is 1. The molecular formula is C17H21N7O3S2. The SMILES string of the molecule is CCOC(=O)c1sc(NC(=O)CSc2nnc(-n3nc(C)cc3C)n2N)cc1C. The molecule has 0 fully saturated rings. The second-order valence-corrected chi connectivity index (χ2v) is 8.17. The molecule has 0 bridgehead atoms. The monoisotopic (exact) mass is 435 g/mol. The van der Waals surface area contributed by atoms with E-state index < -0.39 is 5.97 Å². The standard InChI is InChI=1S/C17H21N7O3S2/c1-5-27-15(26)14-9(2)6-13(29-14)19-12(25)8-28-17-21-20-16(23(17)18)24-11(4)7-10(3)22-24/h6-7H,5,8,18H2,1-4H3,(H,19,25). The first-order valence-corrected chi connectivity index (χ1v) is 10.5. The van der Waals surface area contributed by atoms with Crippen molar-refractivity contribution in [2.24, 2.45) is 0 Å². The first-order valence-electron chi connectivity index (χ1n) is 8.74. The van der Waals surface area contributed by atoms with E-state index in [1.807, 2.05) is 19.9 Å². The van der Waals surface area contributed by atoms with Gasteiger partial charge in [-0.05, 0) is 45.4 Å². The molecule has 3 rings (SSSR count). The third-order valence-corrected chi connectivity index (χ3v) is 5.89. The van der Waals surface area contributed by atoms with Gasteiger partial charge in [-0.1, -0.05) is 11.8 Å². The van der Waals surface area contributed by atoms with Gasteiger partial charge >= 0.3 is 5.97 Å². The number of thiophene rings is 1. The van der Waals surface area contributed by atoms with Crippen molar-refractivity contribution in [1.82, 2.24) is 24.7 Å². The maximum Gasteiger partial charge on any atom is 0.348 e. The van der Waals surface area contributed by atoms with Gasteiger partial charge in [0, 0.05) is 5.69 Å². The van der Waals surface area contributed by atoms with Crippen molar-refractivity contribution in [1.29, 1.82) is 0 Å². The van der Waals surface area contributed by atoms with Crippen LogP contribution in [-0.4, -0.2) is 48.9 Å². The van der Waals surface area contributed by atoms with Crippen LogP contribution in [0, 0.1) is 20.8 Å². The van der Waals surface area contributed by atoms with Gasteiger partial charge in [0.25, 0.3) is 5.95 Å². The first kappa shape index (κ1) is 20.9. The molecule has 3 aromatic heterocycles. The minimum absolute atomic E-state index is 0.0815. The Morgan fingerprint density at radius 3 is 2.69 bits per heavy atom. The fourth-order valence-electron chi connectivity index (χ4n) is 2.59. The molecule has 0 aliphatic heterocycles. The average Bonchev–Trinajstić information content (AvgIpc) is 3.30. The fraction of sp³-hybridized carbons (Fsp3) is 0.353. The predicted molar refractivity (Wildman–Crippen MR) is 111 cm³/mol. The number of nitrogen functional groups attached to an aromatic ring is 1. The van der Waals surface area contributed by atoms with Crippen LogP contribution in [0.15, 0.2) is 17.3 Å². The highest BCUT2D eigenvalue weighted by molar-refractivity contribution is 7.99. The molecule has 0 saturated heterocycles. The maximum atomic E-state index is 12.3. The minimum atomic E-state index is -0.391. The summed E-state index contributed by atoms with van der Waals surface area (Å²) < 4.78 is 7.90. The van der Waals surface area contributed by atoms with Crippen LogP contribution in [0.1, 0.15) is 33.5 Å². The molecule has 3 heterocycles. The molecular weight excluding hydrogens is 414 g/mol. The molecule has 0 radical (unpaired) electrons. The summed E-state index contributed by atoms with van der Waals surface area (Å²) in [6.45, 7) is 7.61. The van der Waals surface area contributed by atoms with Crippen molar-refractivity contribution >= 4 is 40.0 Å². The van der Waals surface area contributed by atoms with E-state index in [1.54, 1.807) is 24.6 Å². The topological polar surface area (TPSA) is 130 Å². The number of aromatic nitrogens is 5. The minimum Gasteiger partial charge on any atom is -0.462 e. The lowest BCUT2D eigenvalue weighted by Gasteiger charge is -2.05. The van der Waals surface area contributed by atoms with Gasteiger partial charge in [-0.25, -0.2) is 14.2 Å². The van der Waals surface area contributed by atoms with Crippen molar-refractivity contribution in [3.05, 3.63) is 34.0 Å². The average molecular weight is 436 g/mol. The number of rotatable bonds is 7. The maximum absolute atomic E-state index is 12.3. The van der Waals surface area contributed by atoms with Crippen LogP contribution < -0.4 is 11.2 Å². The Balaban J connectivity index is 1.63. The Morgan fingerprint density at radius 1 is 1.28 bits per heavy atom. The summed E-state index contributed by atoms with van der Waals surface area (Å²) >= 11 is 2.33. The summed E-state index contributed by atoms with van der Waals surface area (Å²) in [5.74, 6) is 5.88. The van der Waals surface area contributed by atoms with Gasteiger partial charge in [-0.2, -0.15) is 5.10 Å². The van der Waals surface area contributed by atoms with E-state index in [0.29, 0.717) is 27.6 Å². The molecule has 0 unspecified atom stereocenters. The Morgan fingerprint density at radius 2 is 2.03 bits per heavy atom. The van der Waals surface area contributed by atoms with Crippen LogP contribution in [-0.2, 0) is 9.53 Å². The summed E-state index contributed by atoms with van der Waals surface area (Å²) in [5.41, 5.74) is 2.47. The van der Waals surface area contributed by atoms with Crippen molar-refractivity contribution < 1.29 is 14.3 Å². The third kappa shape index (κ3) is 4.59. The molecule has 0 spiro atoms. The Labute approximate surface area is 175 Å². The van der Waals surface area contributed by atoms with E-state index in [-0.39, 0.29) is 11.7 Å². The van der Waals surface area contributed by atoms with Gasteiger partial charge in [0.05, 0.1) is 23.1 Å². The molecule has 0 saturated carbocycles. The van der Waals surface area contributed by atoms with Crippen LogP contribution in [0.5, 0.6) is 0 Å². The van der Waals surface area contributed by atoms with E-state index in [9.17, 15) is 9.59 Å². The van der Waals surface area contributed by atoms with Gasteiger partial charge in [0.1, 0.15) is 4.88 Å². The lowest BCUT2D eigenvalue weighted by Crippen LogP contribution is -2.18. The highest BCUT2D eigenvalue weighted by atomic mass is 32.2. The number of carbonyl (C=O) groups is 2. The highest BCUT2D eigenvalue weighted by Gasteiger charge is 2.18. The van der Waals surface area contributed by atoms with Crippen LogP contribution in [0.25, 0.3) is 5.95 Å². The second-order valence-electron chi connectivity index (χ2n) is 6.17. The van der Waals surface area contributed by atoms with E-state index in [0.717, 1.165) is 28.7 Å². The largest absolute Gasteiger partial charge is 0.462 e. The summed E-state index contributed by atoms with van der Waals surface area (Å²) in [6.07, 6.45) is 0. The predicted octanol–water partition coefficient (Wildman–Crippen LogP) is 2.07. The van der Waals surface area contributed by atoms with Crippen molar-refractivity contribution in [3.63, 3.8) is 0 Å². The number of aryl methyl sites for hydroxylation is 3. The van der Waals surface area contributed by atoms with Crippen LogP contribution >= 0.6 is 23.1 Å². The van der Waals surface area contributed by atoms with Crippen LogP contribution in [0.3, 0.4) is 0 Å². The number of thioether (sulfide) groups is 1. The van der Waals surface area contributed by atoms with E-state index in [2.05, 4.69) is 20.6 Å². The number of amides is 1. The van der Waals surface area contributed by atoms with E-state index >= 15 is 0 Å². The molecule has 0 aromatic carbocycles. The molecule has 1 amide bonds. The van der Waals surface area contributed by atoms with Crippen LogP contribution in [0.2, 0.25) is 0 Å². The molecule has 0 aliphatic carbocycles. The van der Waals surface area contributed by atoms with E-state index in [1.165, 1.54) is 16.0 Å². The number of carbonyl (C=O) groups excluding carboxylic acids is 2. The van der Waals surface area contributed by atoms with Crippen LogP contribution in [0.4, 0.5) is 5.00 Å². The van der Waals surface area contributed by atoms with Gasteiger partial charge < -0.3 is 15.9 Å². The molecule has 3 aromatic rings. The number of nitrogens with zero attached hydrogens (tertiary/aromatic N) is 5. The van der Waals surface area contributed by atoms with Crippen molar-refractivity contribution in [2.45, 2.75) is 32.9 Å². The molecule has 29 heavy (non-hydrogen) atoms.